The molecule has 1 aliphatic heterocycles. The first kappa shape index (κ1) is 18.7. The predicted octanol–water partition coefficient (Wildman–Crippen LogP) is 5.15. The van der Waals surface area contributed by atoms with Crippen molar-refractivity contribution in [3.63, 3.8) is 0 Å². The molecule has 1 aromatic carbocycles. The first-order chi connectivity index (χ1) is 12.3. The van der Waals surface area contributed by atoms with Gasteiger partial charge in [0, 0.05) is 28.5 Å². The summed E-state index contributed by atoms with van der Waals surface area (Å²) in [5.74, 6) is -0.965. The van der Waals surface area contributed by atoms with Gasteiger partial charge in [0.25, 0.3) is 11.1 Å². The van der Waals surface area contributed by atoms with Gasteiger partial charge in [0.1, 0.15) is 5.82 Å². The number of aryl methyl sites for hydroxylation is 1. The van der Waals surface area contributed by atoms with E-state index in [-0.39, 0.29) is 17.1 Å². The van der Waals surface area contributed by atoms with Crippen molar-refractivity contribution in [1.29, 1.82) is 0 Å². The number of carbonyl (C=O) groups is 2. The van der Waals surface area contributed by atoms with Crippen LogP contribution in [0.4, 0.5) is 9.18 Å². The lowest BCUT2D eigenvalue weighted by molar-refractivity contribution is -0.123. The van der Waals surface area contributed by atoms with E-state index in [1.54, 1.807) is 6.08 Å². The SMILES string of the molecule is CCn1c(C)cc(/C=C2\SC(=O)N(Cc3c(F)cccc3Cl)C2=O)c1C. The summed E-state index contributed by atoms with van der Waals surface area (Å²) < 4.78 is 16.1. The zero-order valence-corrected chi connectivity index (χ0v) is 16.2. The van der Waals surface area contributed by atoms with Gasteiger partial charge in [-0.05, 0) is 62.4 Å². The average Bonchev–Trinajstić information content (AvgIpc) is 3.00. The minimum absolute atomic E-state index is 0.141. The highest BCUT2D eigenvalue weighted by Gasteiger charge is 2.36. The fraction of sp³-hybridized carbons (Fsp3) is 0.263. The normalized spacial score (nSPS) is 16.2. The molecule has 0 saturated carbocycles. The van der Waals surface area contributed by atoms with Gasteiger partial charge in [-0.15, -0.1) is 0 Å². The minimum Gasteiger partial charge on any atom is -0.349 e. The van der Waals surface area contributed by atoms with E-state index in [0.29, 0.717) is 4.91 Å². The molecule has 4 nitrogen and oxygen atoms in total. The number of rotatable bonds is 4. The topological polar surface area (TPSA) is 42.3 Å². The Labute approximate surface area is 160 Å². The second-order valence-corrected chi connectivity index (χ2v) is 7.44. The molecule has 1 fully saturated rings. The summed E-state index contributed by atoms with van der Waals surface area (Å²) in [4.78, 5) is 26.3. The van der Waals surface area contributed by atoms with Crippen LogP contribution in [0.2, 0.25) is 5.02 Å². The van der Waals surface area contributed by atoms with Crippen molar-refractivity contribution in [1.82, 2.24) is 9.47 Å². The summed E-state index contributed by atoms with van der Waals surface area (Å²) in [6.45, 7) is 6.68. The highest BCUT2D eigenvalue weighted by atomic mass is 35.5. The number of amides is 2. The molecule has 1 aromatic heterocycles. The van der Waals surface area contributed by atoms with Crippen molar-refractivity contribution in [3.05, 3.63) is 62.5 Å². The lowest BCUT2D eigenvalue weighted by atomic mass is 10.2. The van der Waals surface area contributed by atoms with Crippen molar-refractivity contribution < 1.29 is 14.0 Å². The van der Waals surface area contributed by atoms with Gasteiger partial charge in [-0.2, -0.15) is 0 Å². The van der Waals surface area contributed by atoms with Gasteiger partial charge in [-0.25, -0.2) is 4.39 Å². The zero-order chi connectivity index (χ0) is 19.0. The van der Waals surface area contributed by atoms with E-state index in [1.807, 2.05) is 19.9 Å². The lowest BCUT2D eigenvalue weighted by Crippen LogP contribution is -2.28. The van der Waals surface area contributed by atoms with E-state index in [9.17, 15) is 14.0 Å². The third-order valence-electron chi connectivity index (χ3n) is 4.47. The Bertz CT molecular complexity index is 916. The molecular weight excluding hydrogens is 375 g/mol. The van der Waals surface area contributed by atoms with Crippen LogP contribution in [-0.4, -0.2) is 20.6 Å². The van der Waals surface area contributed by atoms with Crippen LogP contribution in [0.1, 0.15) is 29.4 Å². The monoisotopic (exact) mass is 392 g/mol. The summed E-state index contributed by atoms with van der Waals surface area (Å²) in [5, 5.41) is -0.232. The van der Waals surface area contributed by atoms with Gasteiger partial charge in [0.15, 0.2) is 0 Å². The lowest BCUT2D eigenvalue weighted by Gasteiger charge is -2.14. The van der Waals surface area contributed by atoms with Gasteiger partial charge in [0.2, 0.25) is 0 Å². The number of halogens is 2. The highest BCUT2D eigenvalue weighted by molar-refractivity contribution is 8.18. The average molecular weight is 393 g/mol. The number of benzene rings is 1. The molecule has 0 bridgehead atoms. The van der Waals surface area contributed by atoms with Crippen molar-refractivity contribution in [2.75, 3.05) is 0 Å². The van der Waals surface area contributed by atoms with E-state index in [2.05, 4.69) is 11.5 Å². The van der Waals surface area contributed by atoms with Crippen molar-refractivity contribution in [2.24, 2.45) is 0 Å². The number of aromatic nitrogens is 1. The maximum atomic E-state index is 14.0. The predicted molar refractivity (Wildman–Crippen MR) is 103 cm³/mol. The fourth-order valence-electron chi connectivity index (χ4n) is 3.08. The van der Waals surface area contributed by atoms with Gasteiger partial charge in [-0.1, -0.05) is 17.7 Å². The Morgan fingerprint density at radius 3 is 2.62 bits per heavy atom. The fourth-order valence-corrected chi connectivity index (χ4v) is 4.13. The van der Waals surface area contributed by atoms with E-state index in [1.165, 1.54) is 18.2 Å². The molecular formula is C19H18ClFN2O2S. The molecule has 1 saturated heterocycles. The summed E-state index contributed by atoms with van der Waals surface area (Å²) in [6.07, 6.45) is 1.72. The molecule has 0 radical (unpaired) electrons. The number of carbonyl (C=O) groups excluding carboxylic acids is 2. The van der Waals surface area contributed by atoms with Crippen LogP contribution in [0, 0.1) is 19.7 Å². The first-order valence-electron chi connectivity index (χ1n) is 8.18. The molecule has 0 aliphatic carbocycles. The third kappa shape index (κ3) is 3.31. The van der Waals surface area contributed by atoms with Crippen LogP contribution in [-0.2, 0) is 17.9 Å². The maximum Gasteiger partial charge on any atom is 0.293 e. The van der Waals surface area contributed by atoms with Crippen molar-refractivity contribution in [3.8, 4) is 0 Å². The molecule has 2 heterocycles. The van der Waals surface area contributed by atoms with E-state index in [0.717, 1.165) is 40.2 Å². The number of hydrogen-bond donors (Lipinski definition) is 0. The molecule has 0 N–H and O–H groups in total. The van der Waals surface area contributed by atoms with Gasteiger partial charge < -0.3 is 4.57 Å². The van der Waals surface area contributed by atoms with Crippen LogP contribution >= 0.6 is 23.4 Å². The molecule has 0 spiro atoms. The summed E-state index contributed by atoms with van der Waals surface area (Å²) in [7, 11) is 0. The molecule has 1 aliphatic rings. The van der Waals surface area contributed by atoms with Gasteiger partial charge in [-0.3, -0.25) is 14.5 Å². The molecule has 136 valence electrons. The Hall–Kier alpha value is -2.05. The van der Waals surface area contributed by atoms with E-state index in [4.69, 9.17) is 11.6 Å². The number of nitrogens with zero attached hydrogens (tertiary/aromatic N) is 2. The largest absolute Gasteiger partial charge is 0.349 e. The first-order valence-corrected chi connectivity index (χ1v) is 9.38. The number of imide groups is 1. The Balaban J connectivity index is 1.90. The van der Waals surface area contributed by atoms with E-state index >= 15 is 0 Å². The molecule has 0 atom stereocenters. The second-order valence-electron chi connectivity index (χ2n) is 6.04. The highest BCUT2D eigenvalue weighted by Crippen LogP contribution is 2.35. The molecule has 0 unspecified atom stereocenters. The summed E-state index contributed by atoms with van der Waals surface area (Å²) in [5.41, 5.74) is 3.17. The summed E-state index contributed by atoms with van der Waals surface area (Å²) >= 11 is 6.88. The zero-order valence-electron chi connectivity index (χ0n) is 14.7. The quantitative estimate of drug-likeness (QED) is 0.675. The summed E-state index contributed by atoms with van der Waals surface area (Å²) in [6, 6.07) is 6.27. The minimum atomic E-state index is -0.535. The molecule has 2 amide bonds. The van der Waals surface area contributed by atoms with E-state index < -0.39 is 17.0 Å². The van der Waals surface area contributed by atoms with Crippen LogP contribution in [0.25, 0.3) is 6.08 Å². The number of thioether (sulfide) groups is 1. The Morgan fingerprint density at radius 2 is 2.00 bits per heavy atom. The molecule has 2 aromatic rings. The Morgan fingerprint density at radius 1 is 1.27 bits per heavy atom. The third-order valence-corrected chi connectivity index (χ3v) is 5.73. The second kappa shape index (κ2) is 7.29. The van der Waals surface area contributed by atoms with Gasteiger partial charge >= 0.3 is 0 Å². The van der Waals surface area contributed by atoms with Crippen LogP contribution < -0.4 is 0 Å². The van der Waals surface area contributed by atoms with Crippen molar-refractivity contribution in [2.45, 2.75) is 33.9 Å². The molecule has 7 heteroatoms. The maximum absolute atomic E-state index is 14.0. The molecule has 26 heavy (non-hydrogen) atoms. The molecule has 3 rings (SSSR count). The standard InChI is InChI=1S/C19H18ClFN2O2S/c1-4-22-11(2)8-13(12(22)3)9-17-18(24)23(19(25)26-17)10-14-15(20)6-5-7-16(14)21/h5-9H,4,10H2,1-3H3/b17-9-. The smallest absolute Gasteiger partial charge is 0.293 e. The number of hydrogen-bond acceptors (Lipinski definition) is 3. The van der Waals surface area contributed by atoms with Crippen LogP contribution in [0.15, 0.2) is 29.2 Å². The van der Waals surface area contributed by atoms with Gasteiger partial charge in [0.05, 0.1) is 11.4 Å². The van der Waals surface area contributed by atoms with Crippen LogP contribution in [0.3, 0.4) is 0 Å². The van der Waals surface area contributed by atoms with Crippen molar-refractivity contribution >= 4 is 40.6 Å². The van der Waals surface area contributed by atoms with Crippen LogP contribution in [0.5, 0.6) is 0 Å². The Kier molecular flexibility index (Phi) is 5.25.